The number of anilines is 1. The van der Waals surface area contributed by atoms with E-state index < -0.39 is 0 Å². The fourth-order valence-corrected chi connectivity index (χ4v) is 4.20. The van der Waals surface area contributed by atoms with Crippen molar-refractivity contribution in [2.24, 2.45) is 0 Å². The number of benzene rings is 1. The Kier molecular flexibility index (Phi) is 6.14. The summed E-state index contributed by atoms with van der Waals surface area (Å²) in [5.74, 6) is 0.780. The number of hydrogen-bond acceptors (Lipinski definition) is 5. The molecule has 3 aromatic heterocycles. The number of aromatic nitrogens is 4. The van der Waals surface area contributed by atoms with Gasteiger partial charge in [0.05, 0.1) is 17.9 Å². The first-order valence-electron chi connectivity index (χ1n) is 10.8. The number of hydrogen-bond donors (Lipinski definition) is 1. The number of nitrogens with zero attached hydrogens (tertiary/aromatic N) is 4. The second-order valence-electron chi connectivity index (χ2n) is 7.79. The van der Waals surface area contributed by atoms with Crippen LogP contribution in [-0.4, -0.2) is 26.4 Å². The predicted octanol–water partition coefficient (Wildman–Crippen LogP) is 5.97. The number of rotatable bonds is 6. The zero-order valence-electron chi connectivity index (χ0n) is 17.6. The van der Waals surface area contributed by atoms with Crippen LogP contribution in [-0.2, 0) is 11.3 Å². The van der Waals surface area contributed by atoms with Crippen LogP contribution in [0.4, 0.5) is 5.82 Å². The molecule has 0 aliphatic carbocycles. The molecule has 1 saturated heterocycles. The summed E-state index contributed by atoms with van der Waals surface area (Å²) in [5.41, 5.74) is 4.93. The SMILES string of the molecule is Clc1ccccc1-c1ccnc(NCc2cc(-c3cccnc3)nn2C2CCCCO2)c1. The Labute approximate surface area is 192 Å². The lowest BCUT2D eigenvalue weighted by atomic mass is 10.1. The molecule has 1 aliphatic heterocycles. The molecule has 5 rings (SSSR count). The lowest BCUT2D eigenvalue weighted by Gasteiger charge is -2.24. The molecule has 0 radical (unpaired) electrons. The van der Waals surface area contributed by atoms with Crippen LogP contribution in [0.5, 0.6) is 0 Å². The van der Waals surface area contributed by atoms with E-state index in [-0.39, 0.29) is 6.23 Å². The highest BCUT2D eigenvalue weighted by molar-refractivity contribution is 6.33. The Morgan fingerprint density at radius 3 is 2.78 bits per heavy atom. The Balaban J connectivity index is 1.41. The number of pyridine rings is 2. The van der Waals surface area contributed by atoms with Crippen LogP contribution in [0.3, 0.4) is 0 Å². The molecule has 6 nitrogen and oxygen atoms in total. The van der Waals surface area contributed by atoms with Crippen molar-refractivity contribution < 1.29 is 4.74 Å². The third kappa shape index (κ3) is 4.52. The first-order valence-corrected chi connectivity index (χ1v) is 11.2. The van der Waals surface area contributed by atoms with Gasteiger partial charge in [-0.1, -0.05) is 29.8 Å². The van der Waals surface area contributed by atoms with Gasteiger partial charge in [-0.15, -0.1) is 0 Å². The van der Waals surface area contributed by atoms with Gasteiger partial charge in [-0.3, -0.25) is 4.98 Å². The highest BCUT2D eigenvalue weighted by atomic mass is 35.5. The molecular formula is C25H24ClN5O. The number of halogens is 1. The second-order valence-corrected chi connectivity index (χ2v) is 8.20. The quantitative estimate of drug-likeness (QED) is 0.396. The van der Waals surface area contributed by atoms with Gasteiger partial charge in [-0.25, -0.2) is 9.67 Å². The second kappa shape index (κ2) is 9.51. The van der Waals surface area contributed by atoms with E-state index in [4.69, 9.17) is 21.4 Å². The molecule has 1 aliphatic rings. The van der Waals surface area contributed by atoms with Crippen LogP contribution in [0.2, 0.25) is 5.02 Å². The summed E-state index contributed by atoms with van der Waals surface area (Å²) in [6, 6.07) is 17.8. The molecule has 0 amide bonds. The molecule has 1 atom stereocenters. The fourth-order valence-electron chi connectivity index (χ4n) is 3.96. The third-order valence-corrected chi connectivity index (χ3v) is 5.92. The van der Waals surface area contributed by atoms with Crippen LogP contribution in [0.1, 0.15) is 31.2 Å². The fraction of sp³-hybridized carbons (Fsp3) is 0.240. The Morgan fingerprint density at radius 1 is 1.03 bits per heavy atom. The standard InChI is InChI=1S/C25H24ClN5O/c26-22-8-2-1-7-21(22)18-10-12-28-24(14-18)29-17-20-15-23(19-6-5-11-27-16-19)30-31(20)25-9-3-4-13-32-25/h1-2,5-8,10-12,14-16,25H,3-4,9,13,17H2,(H,28,29). The Bertz CT molecular complexity index is 1190. The van der Waals surface area contributed by atoms with Crippen molar-refractivity contribution in [2.75, 3.05) is 11.9 Å². The maximum atomic E-state index is 6.38. The van der Waals surface area contributed by atoms with E-state index in [1.54, 1.807) is 12.4 Å². The summed E-state index contributed by atoms with van der Waals surface area (Å²) in [6.45, 7) is 1.34. The molecule has 0 bridgehead atoms. The molecule has 1 N–H and O–H groups in total. The van der Waals surface area contributed by atoms with Crippen molar-refractivity contribution in [3.8, 4) is 22.4 Å². The third-order valence-electron chi connectivity index (χ3n) is 5.59. The summed E-state index contributed by atoms with van der Waals surface area (Å²) in [6.07, 6.45) is 8.55. The summed E-state index contributed by atoms with van der Waals surface area (Å²) in [4.78, 5) is 8.73. The molecule has 32 heavy (non-hydrogen) atoms. The first-order chi connectivity index (χ1) is 15.8. The van der Waals surface area contributed by atoms with Gasteiger partial charge in [0.2, 0.25) is 0 Å². The Hall–Kier alpha value is -3.22. The largest absolute Gasteiger partial charge is 0.364 e. The topological polar surface area (TPSA) is 64.9 Å². The van der Waals surface area contributed by atoms with Gasteiger partial charge in [0, 0.05) is 41.3 Å². The molecule has 1 fully saturated rings. The highest BCUT2D eigenvalue weighted by Gasteiger charge is 2.21. The molecule has 4 heterocycles. The minimum absolute atomic E-state index is 0.0478. The van der Waals surface area contributed by atoms with E-state index in [0.29, 0.717) is 6.54 Å². The lowest BCUT2D eigenvalue weighted by molar-refractivity contribution is -0.0408. The first kappa shape index (κ1) is 20.7. The highest BCUT2D eigenvalue weighted by Crippen LogP contribution is 2.30. The average molecular weight is 446 g/mol. The molecular weight excluding hydrogens is 422 g/mol. The van der Waals surface area contributed by atoms with Gasteiger partial charge in [0.25, 0.3) is 0 Å². The summed E-state index contributed by atoms with van der Waals surface area (Å²) in [7, 11) is 0. The van der Waals surface area contributed by atoms with E-state index >= 15 is 0 Å². The van der Waals surface area contributed by atoms with Gasteiger partial charge in [-0.05, 0) is 61.2 Å². The van der Waals surface area contributed by atoms with E-state index in [1.807, 2.05) is 59.4 Å². The van der Waals surface area contributed by atoms with E-state index in [9.17, 15) is 0 Å². The minimum atomic E-state index is -0.0478. The van der Waals surface area contributed by atoms with Crippen molar-refractivity contribution in [3.63, 3.8) is 0 Å². The van der Waals surface area contributed by atoms with Crippen molar-refractivity contribution in [1.82, 2.24) is 19.7 Å². The predicted molar refractivity (Wildman–Crippen MR) is 126 cm³/mol. The molecule has 7 heteroatoms. The normalized spacial score (nSPS) is 16.1. The monoisotopic (exact) mass is 445 g/mol. The van der Waals surface area contributed by atoms with Gasteiger partial charge in [-0.2, -0.15) is 5.10 Å². The lowest BCUT2D eigenvalue weighted by Crippen LogP contribution is -2.22. The summed E-state index contributed by atoms with van der Waals surface area (Å²) < 4.78 is 8.03. The van der Waals surface area contributed by atoms with Gasteiger partial charge in [0.1, 0.15) is 5.82 Å². The van der Waals surface area contributed by atoms with Crippen molar-refractivity contribution >= 4 is 17.4 Å². The van der Waals surface area contributed by atoms with Gasteiger partial charge < -0.3 is 10.1 Å². The smallest absolute Gasteiger partial charge is 0.150 e. The summed E-state index contributed by atoms with van der Waals surface area (Å²) >= 11 is 6.38. The van der Waals surface area contributed by atoms with Crippen molar-refractivity contribution in [1.29, 1.82) is 0 Å². The average Bonchev–Trinajstić information content (AvgIpc) is 3.29. The zero-order valence-corrected chi connectivity index (χ0v) is 18.4. The maximum Gasteiger partial charge on any atom is 0.150 e. The van der Waals surface area contributed by atoms with E-state index in [2.05, 4.69) is 21.4 Å². The van der Waals surface area contributed by atoms with Crippen molar-refractivity contribution in [3.05, 3.63) is 83.9 Å². The van der Waals surface area contributed by atoms with Gasteiger partial charge >= 0.3 is 0 Å². The molecule has 162 valence electrons. The minimum Gasteiger partial charge on any atom is -0.364 e. The van der Waals surface area contributed by atoms with Crippen LogP contribution in [0, 0.1) is 0 Å². The molecule has 0 spiro atoms. The molecule has 4 aromatic rings. The molecule has 1 aromatic carbocycles. The number of ether oxygens (including phenoxy) is 1. The molecule has 0 saturated carbocycles. The van der Waals surface area contributed by atoms with Crippen LogP contribution in [0.25, 0.3) is 22.4 Å². The van der Waals surface area contributed by atoms with E-state index in [0.717, 1.165) is 64.8 Å². The molecule has 1 unspecified atom stereocenters. The van der Waals surface area contributed by atoms with Crippen LogP contribution >= 0.6 is 11.6 Å². The van der Waals surface area contributed by atoms with Crippen LogP contribution < -0.4 is 5.32 Å². The zero-order chi connectivity index (χ0) is 21.8. The summed E-state index contributed by atoms with van der Waals surface area (Å²) in [5, 5.41) is 9.04. The van der Waals surface area contributed by atoms with Gasteiger partial charge in [0.15, 0.2) is 6.23 Å². The maximum absolute atomic E-state index is 6.38. The van der Waals surface area contributed by atoms with Crippen LogP contribution in [0.15, 0.2) is 73.2 Å². The van der Waals surface area contributed by atoms with E-state index in [1.165, 1.54) is 0 Å². The number of nitrogens with one attached hydrogen (secondary N) is 1. The Morgan fingerprint density at radius 2 is 1.97 bits per heavy atom. The van der Waals surface area contributed by atoms with Crippen molar-refractivity contribution in [2.45, 2.75) is 32.0 Å².